The van der Waals surface area contributed by atoms with Gasteiger partial charge in [0.25, 0.3) is 5.91 Å². The summed E-state index contributed by atoms with van der Waals surface area (Å²) >= 11 is 0. The van der Waals surface area contributed by atoms with E-state index in [1.807, 2.05) is 0 Å². The van der Waals surface area contributed by atoms with Crippen LogP contribution in [0.5, 0.6) is 0 Å². The zero-order valence-corrected chi connectivity index (χ0v) is 14.5. The Morgan fingerprint density at radius 2 is 1.70 bits per heavy atom. The maximum Gasteiger partial charge on any atom is 0.416 e. The van der Waals surface area contributed by atoms with Crippen molar-refractivity contribution >= 4 is 17.9 Å². The Labute approximate surface area is 153 Å². The van der Waals surface area contributed by atoms with Crippen LogP contribution in [0.25, 0.3) is 0 Å². The van der Waals surface area contributed by atoms with Crippen LogP contribution in [0.3, 0.4) is 0 Å². The maximum absolute atomic E-state index is 12.8. The number of nitrogens with zero attached hydrogens (tertiary/aromatic N) is 2. The number of carbonyl (C=O) groups excluding carboxylic acids is 2. The number of nitrogens with one attached hydrogen (secondary N) is 1. The highest BCUT2D eigenvalue weighted by Crippen LogP contribution is 2.29. The minimum atomic E-state index is -4.52. The second-order valence-corrected chi connectivity index (χ2v) is 6.09. The lowest BCUT2D eigenvalue weighted by molar-refractivity contribution is -0.138. The van der Waals surface area contributed by atoms with Gasteiger partial charge in [-0.15, -0.1) is 0 Å². The molecule has 10 heteroatoms. The van der Waals surface area contributed by atoms with Gasteiger partial charge in [-0.25, -0.2) is 4.79 Å². The number of carbonyl (C=O) groups is 3. The molecule has 1 saturated heterocycles. The molecule has 1 heterocycles. The molecule has 148 valence electrons. The number of benzene rings is 1. The van der Waals surface area contributed by atoms with E-state index in [0.29, 0.717) is 6.42 Å². The summed E-state index contributed by atoms with van der Waals surface area (Å²) in [5.41, 5.74) is -0.927. The van der Waals surface area contributed by atoms with Crippen molar-refractivity contribution in [2.45, 2.75) is 19.0 Å². The summed E-state index contributed by atoms with van der Waals surface area (Å²) < 4.78 is 38.3. The van der Waals surface area contributed by atoms with Crippen LogP contribution in [-0.2, 0) is 11.0 Å². The monoisotopic (exact) mass is 387 g/mol. The molecule has 0 unspecified atom stereocenters. The number of halogens is 3. The standard InChI is InChI=1S/C17H20F3N3O4/c18-17(19,20)13-4-1-3-12(11-13)15(26)22-7-9-23(10-8-22)16(27)21-6-2-5-14(24)25/h1,3-4,11H,2,5-10H2,(H,21,27)(H,24,25). The average molecular weight is 387 g/mol. The Morgan fingerprint density at radius 1 is 1.07 bits per heavy atom. The number of urea groups is 1. The van der Waals surface area contributed by atoms with E-state index in [4.69, 9.17) is 5.11 Å². The van der Waals surface area contributed by atoms with Gasteiger partial charge < -0.3 is 20.2 Å². The van der Waals surface area contributed by atoms with E-state index in [-0.39, 0.29) is 50.7 Å². The summed E-state index contributed by atoms with van der Waals surface area (Å²) in [5.74, 6) is -1.45. The van der Waals surface area contributed by atoms with Crippen LogP contribution in [0.2, 0.25) is 0 Å². The first-order chi connectivity index (χ1) is 12.7. The van der Waals surface area contributed by atoms with Gasteiger partial charge in [0, 0.05) is 44.7 Å². The fraction of sp³-hybridized carbons (Fsp3) is 0.471. The van der Waals surface area contributed by atoms with E-state index in [1.165, 1.54) is 21.9 Å². The third-order valence-electron chi connectivity index (χ3n) is 4.13. The SMILES string of the molecule is O=C(O)CCCNC(=O)N1CCN(C(=O)c2cccc(C(F)(F)F)c2)CC1. The molecule has 0 atom stereocenters. The molecule has 0 saturated carbocycles. The molecule has 2 rings (SSSR count). The molecule has 0 aromatic heterocycles. The molecule has 2 N–H and O–H groups in total. The summed E-state index contributed by atoms with van der Waals surface area (Å²) in [5, 5.41) is 11.1. The molecule has 27 heavy (non-hydrogen) atoms. The third-order valence-corrected chi connectivity index (χ3v) is 4.13. The van der Waals surface area contributed by atoms with Crippen molar-refractivity contribution in [1.82, 2.24) is 15.1 Å². The molecular weight excluding hydrogens is 367 g/mol. The molecule has 0 aliphatic carbocycles. The third kappa shape index (κ3) is 5.87. The fourth-order valence-electron chi connectivity index (χ4n) is 2.67. The number of piperazine rings is 1. The largest absolute Gasteiger partial charge is 0.481 e. The van der Waals surface area contributed by atoms with Crippen LogP contribution in [-0.4, -0.2) is 65.5 Å². The van der Waals surface area contributed by atoms with E-state index >= 15 is 0 Å². The predicted octanol–water partition coefficient (Wildman–Crippen LogP) is 2.04. The molecule has 0 radical (unpaired) electrons. The second-order valence-electron chi connectivity index (χ2n) is 6.09. The van der Waals surface area contributed by atoms with E-state index in [0.717, 1.165) is 12.1 Å². The number of alkyl halides is 3. The molecule has 0 bridgehead atoms. The minimum Gasteiger partial charge on any atom is -0.481 e. The Hall–Kier alpha value is -2.78. The van der Waals surface area contributed by atoms with Crippen LogP contribution in [0, 0.1) is 0 Å². The molecule has 7 nitrogen and oxygen atoms in total. The van der Waals surface area contributed by atoms with Crippen molar-refractivity contribution in [3.05, 3.63) is 35.4 Å². The van der Waals surface area contributed by atoms with Crippen LogP contribution in [0.1, 0.15) is 28.8 Å². The summed E-state index contributed by atoms with van der Waals surface area (Å²) in [4.78, 5) is 37.7. The summed E-state index contributed by atoms with van der Waals surface area (Å²) in [6, 6.07) is 3.90. The molecule has 0 spiro atoms. The number of carboxylic acid groups (broad SMARTS) is 1. The van der Waals surface area contributed by atoms with E-state index in [1.54, 1.807) is 0 Å². The van der Waals surface area contributed by atoms with Gasteiger partial charge in [0.1, 0.15) is 0 Å². The zero-order valence-electron chi connectivity index (χ0n) is 14.5. The Morgan fingerprint density at radius 3 is 2.30 bits per heavy atom. The lowest BCUT2D eigenvalue weighted by Crippen LogP contribution is -2.53. The first-order valence-corrected chi connectivity index (χ1v) is 8.39. The zero-order chi connectivity index (χ0) is 20.0. The second kappa shape index (κ2) is 8.74. The fourth-order valence-corrected chi connectivity index (χ4v) is 2.67. The van der Waals surface area contributed by atoms with E-state index in [9.17, 15) is 27.6 Å². The number of aliphatic carboxylic acids is 1. The molecular formula is C17H20F3N3O4. The van der Waals surface area contributed by atoms with Gasteiger partial charge in [-0.05, 0) is 24.6 Å². The quantitative estimate of drug-likeness (QED) is 0.757. The molecule has 1 aromatic rings. The first kappa shape index (κ1) is 20.5. The number of amides is 3. The smallest absolute Gasteiger partial charge is 0.416 e. The van der Waals surface area contributed by atoms with Crippen molar-refractivity contribution in [2.24, 2.45) is 0 Å². The average Bonchev–Trinajstić information content (AvgIpc) is 2.64. The predicted molar refractivity (Wildman–Crippen MR) is 89.2 cm³/mol. The van der Waals surface area contributed by atoms with E-state index in [2.05, 4.69) is 5.32 Å². The molecule has 1 aliphatic rings. The highest BCUT2D eigenvalue weighted by molar-refractivity contribution is 5.94. The van der Waals surface area contributed by atoms with Gasteiger partial charge in [0.05, 0.1) is 5.56 Å². The van der Waals surface area contributed by atoms with Crippen LogP contribution >= 0.6 is 0 Å². The van der Waals surface area contributed by atoms with Gasteiger partial charge >= 0.3 is 18.2 Å². The van der Waals surface area contributed by atoms with Crippen molar-refractivity contribution in [3.63, 3.8) is 0 Å². The summed E-state index contributed by atoms with van der Waals surface area (Å²) in [6.07, 6.45) is -4.25. The summed E-state index contributed by atoms with van der Waals surface area (Å²) in [7, 11) is 0. The lowest BCUT2D eigenvalue weighted by atomic mass is 10.1. The molecule has 1 aliphatic heterocycles. The van der Waals surface area contributed by atoms with Crippen LogP contribution < -0.4 is 5.32 Å². The normalized spacial score (nSPS) is 14.8. The number of hydrogen-bond acceptors (Lipinski definition) is 3. The number of hydrogen-bond donors (Lipinski definition) is 2. The maximum atomic E-state index is 12.8. The minimum absolute atomic E-state index is 0.0421. The van der Waals surface area contributed by atoms with Crippen LogP contribution in [0.4, 0.5) is 18.0 Å². The Kier molecular flexibility index (Phi) is 6.65. The van der Waals surface area contributed by atoms with Gasteiger partial charge in [0.2, 0.25) is 0 Å². The highest BCUT2D eigenvalue weighted by Gasteiger charge is 2.32. The van der Waals surface area contributed by atoms with Crippen molar-refractivity contribution in [3.8, 4) is 0 Å². The highest BCUT2D eigenvalue weighted by atomic mass is 19.4. The van der Waals surface area contributed by atoms with E-state index < -0.39 is 23.6 Å². The van der Waals surface area contributed by atoms with Gasteiger partial charge in [-0.2, -0.15) is 13.2 Å². The van der Waals surface area contributed by atoms with Gasteiger partial charge in [-0.1, -0.05) is 6.07 Å². The Bertz CT molecular complexity index is 701. The molecule has 1 aromatic carbocycles. The molecule has 3 amide bonds. The number of rotatable bonds is 5. The topological polar surface area (TPSA) is 89.9 Å². The Balaban J connectivity index is 1.85. The van der Waals surface area contributed by atoms with Gasteiger partial charge in [-0.3, -0.25) is 9.59 Å². The summed E-state index contributed by atoms with van der Waals surface area (Å²) in [6.45, 7) is 1.13. The van der Waals surface area contributed by atoms with Crippen molar-refractivity contribution < 1.29 is 32.7 Å². The first-order valence-electron chi connectivity index (χ1n) is 8.39. The molecule has 1 fully saturated rings. The lowest BCUT2D eigenvalue weighted by Gasteiger charge is -2.34. The van der Waals surface area contributed by atoms with Crippen molar-refractivity contribution in [2.75, 3.05) is 32.7 Å². The van der Waals surface area contributed by atoms with Crippen molar-refractivity contribution in [1.29, 1.82) is 0 Å². The number of carboxylic acids is 1. The van der Waals surface area contributed by atoms with Gasteiger partial charge in [0.15, 0.2) is 0 Å². The van der Waals surface area contributed by atoms with Crippen LogP contribution in [0.15, 0.2) is 24.3 Å².